The first-order valence-corrected chi connectivity index (χ1v) is 7.64. The van der Waals surface area contributed by atoms with Crippen LogP contribution in [-0.2, 0) is 0 Å². The number of nitrogens with one attached hydrogen (secondary N) is 1. The maximum atomic E-state index is 9.65. The molecule has 3 nitrogen and oxygen atoms in total. The predicted molar refractivity (Wildman–Crippen MR) is 83.5 cm³/mol. The number of fused-ring (bicyclic) bond motifs is 1. The number of alkyl halides is 1. The minimum Gasteiger partial charge on any atom is -0.508 e. The Morgan fingerprint density at radius 2 is 2.05 bits per heavy atom. The Morgan fingerprint density at radius 3 is 2.80 bits per heavy atom. The number of hydrogen-bond acceptors (Lipinski definition) is 3. The summed E-state index contributed by atoms with van der Waals surface area (Å²) in [5.41, 5.74) is 0.197. The Hall–Kier alpha value is -1.48. The molecular formula is C16H19ClN2O. The van der Waals surface area contributed by atoms with E-state index < -0.39 is 0 Å². The van der Waals surface area contributed by atoms with Gasteiger partial charge in [-0.3, -0.25) is 0 Å². The number of phenolic OH excluding ortho intramolecular Hbond substituents is 1. The molecule has 1 aromatic carbocycles. The van der Waals surface area contributed by atoms with Gasteiger partial charge in [0.1, 0.15) is 11.6 Å². The van der Waals surface area contributed by atoms with Crippen LogP contribution >= 0.6 is 11.6 Å². The number of phenols is 1. The Bertz CT molecular complexity index is 608. The van der Waals surface area contributed by atoms with Crippen LogP contribution in [0.1, 0.15) is 25.7 Å². The standard InChI is InChI=1S/C16H19ClN2O/c17-10-16(6-1-2-7-16)11-19-15-14-9-13(20)4-3-12(14)5-8-18-15/h3-5,8-9,20H,1-2,6-7,10-11H2,(H,18,19). The molecule has 0 amide bonds. The van der Waals surface area contributed by atoms with E-state index >= 15 is 0 Å². The summed E-state index contributed by atoms with van der Waals surface area (Å²) in [6.45, 7) is 0.846. The van der Waals surface area contributed by atoms with Crippen LogP contribution in [0, 0.1) is 5.41 Å². The summed E-state index contributed by atoms with van der Waals surface area (Å²) in [7, 11) is 0. The van der Waals surface area contributed by atoms with Crippen molar-refractivity contribution in [1.29, 1.82) is 0 Å². The number of anilines is 1. The second kappa shape index (κ2) is 5.49. The third-order valence-corrected chi connectivity index (χ3v) is 4.90. The number of aromatic nitrogens is 1. The van der Waals surface area contributed by atoms with Crippen molar-refractivity contribution < 1.29 is 5.11 Å². The minimum absolute atomic E-state index is 0.197. The van der Waals surface area contributed by atoms with Gasteiger partial charge in [0, 0.05) is 29.4 Å². The van der Waals surface area contributed by atoms with Crippen molar-refractivity contribution in [2.75, 3.05) is 17.7 Å². The normalized spacial score (nSPS) is 17.4. The molecule has 0 bridgehead atoms. The van der Waals surface area contributed by atoms with Crippen molar-refractivity contribution in [2.45, 2.75) is 25.7 Å². The van der Waals surface area contributed by atoms with Gasteiger partial charge >= 0.3 is 0 Å². The Morgan fingerprint density at radius 1 is 1.25 bits per heavy atom. The molecule has 0 aliphatic heterocycles. The highest BCUT2D eigenvalue weighted by molar-refractivity contribution is 6.18. The molecule has 1 fully saturated rings. The average Bonchev–Trinajstić information content (AvgIpc) is 2.94. The van der Waals surface area contributed by atoms with Gasteiger partial charge in [0.05, 0.1) is 0 Å². The van der Waals surface area contributed by atoms with E-state index in [1.807, 2.05) is 12.1 Å². The van der Waals surface area contributed by atoms with Gasteiger partial charge in [-0.1, -0.05) is 18.9 Å². The number of nitrogens with zero attached hydrogens (tertiary/aromatic N) is 1. The fourth-order valence-corrected chi connectivity index (χ4v) is 3.41. The summed E-state index contributed by atoms with van der Waals surface area (Å²) in [6, 6.07) is 7.31. The molecule has 0 atom stereocenters. The lowest BCUT2D eigenvalue weighted by molar-refractivity contribution is 0.368. The van der Waals surface area contributed by atoms with E-state index in [4.69, 9.17) is 11.6 Å². The van der Waals surface area contributed by atoms with Crippen molar-refractivity contribution in [3.05, 3.63) is 30.5 Å². The molecule has 4 heteroatoms. The van der Waals surface area contributed by atoms with Crippen LogP contribution in [0.2, 0.25) is 0 Å². The number of aromatic hydroxyl groups is 1. The highest BCUT2D eigenvalue weighted by Gasteiger charge is 2.32. The van der Waals surface area contributed by atoms with Gasteiger partial charge in [0.2, 0.25) is 0 Å². The van der Waals surface area contributed by atoms with Gasteiger partial charge in [0.25, 0.3) is 0 Å². The molecule has 1 saturated carbocycles. The lowest BCUT2D eigenvalue weighted by atomic mass is 9.88. The second-order valence-electron chi connectivity index (χ2n) is 5.76. The fourth-order valence-electron chi connectivity index (χ4n) is 3.05. The van der Waals surface area contributed by atoms with Gasteiger partial charge in [-0.25, -0.2) is 4.98 Å². The van der Waals surface area contributed by atoms with E-state index in [2.05, 4.69) is 10.3 Å². The average molecular weight is 291 g/mol. The predicted octanol–water partition coefficient (Wildman–Crippen LogP) is 4.15. The quantitative estimate of drug-likeness (QED) is 0.832. The summed E-state index contributed by atoms with van der Waals surface area (Å²) in [5, 5.41) is 15.1. The van der Waals surface area contributed by atoms with Crippen molar-refractivity contribution in [3.8, 4) is 5.75 Å². The third-order valence-electron chi connectivity index (χ3n) is 4.33. The zero-order chi connectivity index (χ0) is 14.0. The molecule has 2 N–H and O–H groups in total. The SMILES string of the molecule is Oc1ccc2ccnc(NCC3(CCl)CCCC3)c2c1. The fraction of sp³-hybridized carbons (Fsp3) is 0.438. The Balaban J connectivity index is 1.85. The van der Waals surface area contributed by atoms with Crippen molar-refractivity contribution >= 4 is 28.2 Å². The topological polar surface area (TPSA) is 45.2 Å². The first-order chi connectivity index (χ1) is 9.72. The molecule has 0 saturated heterocycles. The minimum atomic E-state index is 0.197. The molecule has 3 rings (SSSR count). The van der Waals surface area contributed by atoms with E-state index in [1.165, 1.54) is 25.7 Å². The van der Waals surface area contributed by atoms with Crippen LogP contribution in [0.5, 0.6) is 5.75 Å². The second-order valence-corrected chi connectivity index (χ2v) is 6.03. The van der Waals surface area contributed by atoms with E-state index in [0.29, 0.717) is 5.88 Å². The Kier molecular flexibility index (Phi) is 3.70. The summed E-state index contributed by atoms with van der Waals surface area (Å²) in [4.78, 5) is 4.41. The number of halogens is 1. The van der Waals surface area contributed by atoms with E-state index in [1.54, 1.807) is 18.3 Å². The van der Waals surface area contributed by atoms with E-state index in [0.717, 1.165) is 23.1 Å². The maximum absolute atomic E-state index is 9.65. The third kappa shape index (κ3) is 2.55. The molecule has 1 aliphatic carbocycles. The maximum Gasteiger partial charge on any atom is 0.133 e. The van der Waals surface area contributed by atoms with Crippen molar-refractivity contribution in [3.63, 3.8) is 0 Å². The first-order valence-electron chi connectivity index (χ1n) is 7.10. The van der Waals surface area contributed by atoms with E-state index in [9.17, 15) is 5.11 Å². The van der Waals surface area contributed by atoms with E-state index in [-0.39, 0.29) is 11.2 Å². The van der Waals surface area contributed by atoms with Crippen LogP contribution in [-0.4, -0.2) is 22.5 Å². The molecule has 1 heterocycles. The number of benzene rings is 1. The van der Waals surface area contributed by atoms with Crippen molar-refractivity contribution in [2.24, 2.45) is 5.41 Å². The zero-order valence-electron chi connectivity index (χ0n) is 11.4. The molecule has 1 aliphatic rings. The molecule has 20 heavy (non-hydrogen) atoms. The lowest BCUT2D eigenvalue weighted by Gasteiger charge is -2.27. The number of pyridine rings is 1. The molecule has 0 unspecified atom stereocenters. The molecule has 2 aromatic rings. The van der Waals surface area contributed by atoms with Crippen LogP contribution < -0.4 is 5.32 Å². The van der Waals surface area contributed by atoms with Crippen LogP contribution in [0.25, 0.3) is 10.8 Å². The largest absolute Gasteiger partial charge is 0.508 e. The molecular weight excluding hydrogens is 272 g/mol. The summed E-state index contributed by atoms with van der Waals surface area (Å²) in [6.07, 6.45) is 6.68. The Labute approximate surface area is 124 Å². The number of rotatable bonds is 4. The van der Waals surface area contributed by atoms with Crippen LogP contribution in [0.3, 0.4) is 0 Å². The van der Waals surface area contributed by atoms with Crippen molar-refractivity contribution in [1.82, 2.24) is 4.98 Å². The molecule has 0 spiro atoms. The van der Waals surface area contributed by atoms with Gasteiger partial charge in [-0.2, -0.15) is 0 Å². The van der Waals surface area contributed by atoms with Gasteiger partial charge in [0.15, 0.2) is 0 Å². The first kappa shape index (κ1) is 13.5. The smallest absolute Gasteiger partial charge is 0.133 e. The molecule has 0 radical (unpaired) electrons. The van der Waals surface area contributed by atoms with Crippen LogP contribution in [0.4, 0.5) is 5.82 Å². The van der Waals surface area contributed by atoms with Gasteiger partial charge in [-0.15, -0.1) is 11.6 Å². The highest BCUT2D eigenvalue weighted by Crippen LogP contribution is 2.39. The zero-order valence-corrected chi connectivity index (χ0v) is 12.2. The molecule has 1 aromatic heterocycles. The summed E-state index contributed by atoms with van der Waals surface area (Å²) >= 11 is 6.17. The van der Waals surface area contributed by atoms with Gasteiger partial charge < -0.3 is 10.4 Å². The highest BCUT2D eigenvalue weighted by atomic mass is 35.5. The van der Waals surface area contributed by atoms with Gasteiger partial charge in [-0.05, 0) is 36.4 Å². The number of hydrogen-bond donors (Lipinski definition) is 2. The van der Waals surface area contributed by atoms with Crippen LogP contribution in [0.15, 0.2) is 30.5 Å². The monoisotopic (exact) mass is 290 g/mol. The summed E-state index contributed by atoms with van der Waals surface area (Å²) < 4.78 is 0. The summed E-state index contributed by atoms with van der Waals surface area (Å²) in [5.74, 6) is 1.78. The molecule has 106 valence electrons. The lowest BCUT2D eigenvalue weighted by Crippen LogP contribution is -2.28.